The third-order valence-corrected chi connectivity index (χ3v) is 6.40. The van der Waals surface area contributed by atoms with Crippen molar-refractivity contribution in [3.8, 4) is 0 Å². The van der Waals surface area contributed by atoms with Crippen LogP contribution in [0.4, 0.5) is 10.6 Å². The molecule has 4 saturated carbocycles. The predicted molar refractivity (Wildman–Crippen MR) is 79.3 cm³/mol. The second-order valence-corrected chi connectivity index (χ2v) is 7.80. The second-order valence-electron chi connectivity index (χ2n) is 7.80. The fourth-order valence-corrected chi connectivity index (χ4v) is 6.16. The van der Waals surface area contributed by atoms with Gasteiger partial charge in [0.25, 0.3) is 0 Å². The number of carbonyl (C=O) groups excluding carboxylic acids is 1. The number of fused-ring (bicyclic) bond motifs is 1. The van der Waals surface area contributed by atoms with E-state index < -0.39 is 6.03 Å². The number of anilines is 1. The first-order chi connectivity index (χ1) is 10.1. The number of nitrogens with zero attached hydrogens (tertiary/aromatic N) is 2. The minimum Gasteiger partial charge on any atom is -0.369 e. The van der Waals surface area contributed by atoms with Crippen LogP contribution in [0.5, 0.6) is 0 Å². The van der Waals surface area contributed by atoms with Gasteiger partial charge < -0.3 is 11.1 Å². The van der Waals surface area contributed by atoms with E-state index in [1.54, 1.807) is 0 Å². The van der Waals surface area contributed by atoms with E-state index in [0.29, 0.717) is 0 Å². The summed E-state index contributed by atoms with van der Waals surface area (Å²) < 4.78 is 1.41. The smallest absolute Gasteiger partial charge is 0.341 e. The van der Waals surface area contributed by atoms with Crippen LogP contribution < -0.4 is 11.1 Å². The molecule has 3 N–H and O–H groups in total. The van der Waals surface area contributed by atoms with Gasteiger partial charge in [0, 0.05) is 17.5 Å². The predicted octanol–water partition coefficient (Wildman–Crippen LogP) is 2.25. The van der Waals surface area contributed by atoms with E-state index in [4.69, 9.17) is 10.8 Å². The highest BCUT2D eigenvalue weighted by Gasteiger charge is 2.54. The molecule has 4 fully saturated rings. The molecular formula is C16H22N4O. The molecule has 1 aromatic heterocycles. The van der Waals surface area contributed by atoms with Gasteiger partial charge in [-0.3, -0.25) is 0 Å². The quantitative estimate of drug-likeness (QED) is 0.831. The molecule has 2 heterocycles. The number of nitrogens with one attached hydrogen (secondary N) is 1. The lowest BCUT2D eigenvalue weighted by atomic mass is 9.48. The number of amides is 1. The van der Waals surface area contributed by atoms with Gasteiger partial charge >= 0.3 is 6.03 Å². The standard InChI is InChI=1S/C16H22N4O/c17-15(21)20-14-12(1-2-18-14)13(19-20)16-6-9-3-10(7-16)5-11(4-9)8-16/h9-11,18H,1-8H2,(H2,17,21). The van der Waals surface area contributed by atoms with Crippen molar-refractivity contribution in [2.24, 2.45) is 23.5 Å². The second kappa shape index (κ2) is 3.81. The highest BCUT2D eigenvalue weighted by atomic mass is 16.2. The van der Waals surface area contributed by atoms with Crippen LogP contribution in [0.1, 0.15) is 49.8 Å². The topological polar surface area (TPSA) is 72.9 Å². The summed E-state index contributed by atoms with van der Waals surface area (Å²) in [4.78, 5) is 11.7. The Morgan fingerprint density at radius 1 is 1.19 bits per heavy atom. The number of hydrogen-bond acceptors (Lipinski definition) is 3. The van der Waals surface area contributed by atoms with Crippen LogP contribution in [0.2, 0.25) is 0 Å². The Bertz CT molecular complexity index is 597. The van der Waals surface area contributed by atoms with E-state index in [2.05, 4.69) is 5.32 Å². The molecule has 0 spiro atoms. The molecule has 5 aliphatic rings. The molecule has 5 nitrogen and oxygen atoms in total. The zero-order valence-electron chi connectivity index (χ0n) is 12.3. The van der Waals surface area contributed by atoms with Crippen LogP contribution in [0.15, 0.2) is 0 Å². The molecule has 6 rings (SSSR count). The third-order valence-electron chi connectivity index (χ3n) is 6.40. The summed E-state index contributed by atoms with van der Waals surface area (Å²) in [7, 11) is 0. The van der Waals surface area contributed by atoms with Crippen molar-refractivity contribution in [3.05, 3.63) is 11.3 Å². The molecule has 1 aromatic rings. The third kappa shape index (κ3) is 1.52. The maximum atomic E-state index is 11.7. The molecule has 0 saturated heterocycles. The highest BCUT2D eigenvalue weighted by molar-refractivity contribution is 5.79. The van der Waals surface area contributed by atoms with Crippen LogP contribution >= 0.6 is 0 Å². The van der Waals surface area contributed by atoms with Gasteiger partial charge in [0.15, 0.2) is 0 Å². The van der Waals surface area contributed by atoms with E-state index in [-0.39, 0.29) is 5.41 Å². The minimum absolute atomic E-state index is 0.242. The normalized spacial score (nSPS) is 39.3. The lowest BCUT2D eigenvalue weighted by Gasteiger charge is -2.56. The van der Waals surface area contributed by atoms with Crippen LogP contribution in [-0.4, -0.2) is 22.4 Å². The Hall–Kier alpha value is -1.52. The largest absolute Gasteiger partial charge is 0.369 e. The Morgan fingerprint density at radius 2 is 1.81 bits per heavy atom. The minimum atomic E-state index is -0.461. The van der Waals surface area contributed by atoms with Gasteiger partial charge in [-0.15, -0.1) is 0 Å². The van der Waals surface area contributed by atoms with Crippen molar-refractivity contribution in [3.63, 3.8) is 0 Å². The summed E-state index contributed by atoms with van der Waals surface area (Å²) in [5, 5.41) is 8.00. The number of rotatable bonds is 1. The fraction of sp³-hybridized carbons (Fsp3) is 0.750. The van der Waals surface area contributed by atoms with Crippen molar-refractivity contribution in [1.82, 2.24) is 9.78 Å². The van der Waals surface area contributed by atoms with E-state index in [1.807, 2.05) is 0 Å². The van der Waals surface area contributed by atoms with E-state index >= 15 is 0 Å². The van der Waals surface area contributed by atoms with Gasteiger partial charge in [0.2, 0.25) is 0 Å². The number of primary amides is 1. The van der Waals surface area contributed by atoms with Crippen LogP contribution in [0, 0.1) is 17.8 Å². The molecule has 1 aliphatic heterocycles. The van der Waals surface area contributed by atoms with Crippen molar-refractivity contribution in [1.29, 1.82) is 0 Å². The molecule has 5 heteroatoms. The number of hydrogen-bond donors (Lipinski definition) is 2. The highest BCUT2D eigenvalue weighted by Crippen LogP contribution is 2.61. The Kier molecular flexibility index (Phi) is 2.19. The maximum Gasteiger partial charge on any atom is 0.341 e. The van der Waals surface area contributed by atoms with Crippen LogP contribution in [0.25, 0.3) is 0 Å². The maximum absolute atomic E-state index is 11.7. The molecular weight excluding hydrogens is 264 g/mol. The summed E-state index contributed by atoms with van der Waals surface area (Å²) in [6.45, 7) is 0.903. The van der Waals surface area contributed by atoms with Gasteiger partial charge in [-0.25, -0.2) is 4.79 Å². The van der Waals surface area contributed by atoms with Crippen molar-refractivity contribution in [2.75, 3.05) is 11.9 Å². The van der Waals surface area contributed by atoms with Crippen molar-refractivity contribution in [2.45, 2.75) is 50.4 Å². The average molecular weight is 286 g/mol. The van der Waals surface area contributed by atoms with E-state index in [1.165, 1.54) is 54.5 Å². The molecule has 0 unspecified atom stereocenters. The van der Waals surface area contributed by atoms with Gasteiger partial charge in [0.05, 0.1) is 5.69 Å². The first-order valence-corrected chi connectivity index (χ1v) is 8.31. The molecule has 4 aliphatic carbocycles. The summed E-state index contributed by atoms with van der Waals surface area (Å²) in [6.07, 6.45) is 9.10. The van der Waals surface area contributed by atoms with E-state index in [0.717, 1.165) is 36.5 Å². The average Bonchev–Trinajstić information content (AvgIpc) is 2.96. The number of carbonyl (C=O) groups is 1. The SMILES string of the molecule is NC(=O)n1nc(C23CC4CC(CC(C4)C2)C3)c2c1NCC2. The Morgan fingerprint density at radius 3 is 2.38 bits per heavy atom. The first kappa shape index (κ1) is 12.1. The Labute approximate surface area is 124 Å². The molecule has 0 atom stereocenters. The summed E-state index contributed by atoms with van der Waals surface area (Å²) >= 11 is 0. The molecule has 1 amide bonds. The lowest BCUT2D eigenvalue weighted by molar-refractivity contribution is -0.00770. The van der Waals surface area contributed by atoms with Gasteiger partial charge in [0.1, 0.15) is 5.82 Å². The summed E-state index contributed by atoms with van der Waals surface area (Å²) in [6, 6.07) is -0.461. The molecule has 0 radical (unpaired) electrons. The summed E-state index contributed by atoms with van der Waals surface area (Å²) in [5.41, 5.74) is 8.24. The molecule has 112 valence electrons. The zero-order valence-corrected chi connectivity index (χ0v) is 12.3. The van der Waals surface area contributed by atoms with Crippen LogP contribution in [0.3, 0.4) is 0 Å². The van der Waals surface area contributed by atoms with Crippen LogP contribution in [-0.2, 0) is 11.8 Å². The molecule has 21 heavy (non-hydrogen) atoms. The zero-order chi connectivity index (χ0) is 14.2. The van der Waals surface area contributed by atoms with Crippen molar-refractivity contribution >= 4 is 11.8 Å². The van der Waals surface area contributed by atoms with E-state index in [9.17, 15) is 4.79 Å². The Balaban J connectivity index is 1.65. The fourth-order valence-electron chi connectivity index (χ4n) is 6.16. The molecule has 0 aromatic carbocycles. The number of aromatic nitrogens is 2. The summed E-state index contributed by atoms with van der Waals surface area (Å²) in [5.74, 6) is 3.54. The monoisotopic (exact) mass is 286 g/mol. The van der Waals surface area contributed by atoms with Gasteiger partial charge in [-0.05, 0) is 62.7 Å². The van der Waals surface area contributed by atoms with Gasteiger partial charge in [-0.2, -0.15) is 9.78 Å². The number of nitrogens with two attached hydrogens (primary N) is 1. The molecule has 4 bridgehead atoms. The van der Waals surface area contributed by atoms with Gasteiger partial charge in [-0.1, -0.05) is 0 Å². The lowest BCUT2D eigenvalue weighted by Crippen LogP contribution is -2.49. The first-order valence-electron chi connectivity index (χ1n) is 8.31. The van der Waals surface area contributed by atoms with Crippen molar-refractivity contribution < 1.29 is 4.79 Å².